The van der Waals surface area contributed by atoms with Gasteiger partial charge in [-0.3, -0.25) is 10.8 Å². The van der Waals surface area contributed by atoms with Crippen LogP contribution >= 0.6 is 0 Å². The van der Waals surface area contributed by atoms with Crippen LogP contribution in [-0.4, -0.2) is 47.3 Å². The summed E-state index contributed by atoms with van der Waals surface area (Å²) >= 11 is 0. The lowest BCUT2D eigenvalue weighted by Crippen LogP contribution is -2.38. The summed E-state index contributed by atoms with van der Waals surface area (Å²) in [6.45, 7) is 0.830. The van der Waals surface area contributed by atoms with Crippen molar-refractivity contribution in [2.24, 2.45) is 10.8 Å². The Bertz CT molecular complexity index is 1280. The topological polar surface area (TPSA) is 164 Å². The summed E-state index contributed by atoms with van der Waals surface area (Å²) in [5.41, 5.74) is 9.96. The number of hydrazone groups is 1. The molecule has 2 heterocycles. The highest BCUT2D eigenvalue weighted by Crippen LogP contribution is 2.30. The largest absolute Gasteiger partial charge is 0.382 e. The Morgan fingerprint density at radius 3 is 2.53 bits per heavy atom. The first-order chi connectivity index (χ1) is 15.4. The number of amidine groups is 1. The number of piperidine rings is 1. The lowest BCUT2D eigenvalue weighted by molar-refractivity contribution is 0.314. The van der Waals surface area contributed by atoms with E-state index in [1.807, 2.05) is 24.3 Å². The van der Waals surface area contributed by atoms with E-state index >= 15 is 0 Å². The van der Waals surface area contributed by atoms with Crippen LogP contribution in [0.15, 0.2) is 58.5 Å². The summed E-state index contributed by atoms with van der Waals surface area (Å²) in [5.74, 6) is 0.640. The van der Waals surface area contributed by atoms with Gasteiger partial charge in [-0.25, -0.2) is 13.4 Å². The maximum Gasteiger partial charge on any atom is 0.243 e. The van der Waals surface area contributed by atoms with E-state index in [0.717, 1.165) is 16.9 Å². The normalized spacial score (nSPS) is 16.0. The molecule has 1 fully saturated rings. The van der Waals surface area contributed by atoms with Gasteiger partial charge in [0.15, 0.2) is 5.84 Å². The molecular formula is C21H22N8O2S. The standard InChI is InChI=1S/C21H22N8O2S/c22-13-19(20(23)24)28-27-15-5-7-16(8-6-15)32(30,31)29-11-9-14(10-12-29)21-25-17-3-1-2-4-18(17)26-21/h1-8,14,27H,9-12H2,(H3,23,24)(H,25,26)/b28-19+. The fourth-order valence-electron chi connectivity index (χ4n) is 3.65. The maximum absolute atomic E-state index is 13.1. The zero-order chi connectivity index (χ0) is 22.7. The molecule has 0 atom stereocenters. The van der Waals surface area contributed by atoms with Gasteiger partial charge in [0.05, 0.1) is 21.6 Å². The highest BCUT2D eigenvalue weighted by molar-refractivity contribution is 7.89. The molecule has 0 radical (unpaired) electrons. The number of hydrogen-bond donors (Lipinski definition) is 4. The third kappa shape index (κ3) is 4.32. The molecule has 0 spiro atoms. The minimum atomic E-state index is -3.63. The fraction of sp³-hybridized carbons (Fsp3) is 0.238. The second kappa shape index (κ2) is 8.78. The molecular weight excluding hydrogens is 428 g/mol. The van der Waals surface area contributed by atoms with Crippen LogP contribution in [-0.2, 0) is 10.0 Å². The quantitative estimate of drug-likeness (QED) is 0.256. The molecule has 4 rings (SSSR count). The second-order valence-electron chi connectivity index (χ2n) is 7.44. The molecule has 11 heteroatoms. The predicted octanol–water partition coefficient (Wildman–Crippen LogP) is 2.36. The first-order valence-corrected chi connectivity index (χ1v) is 11.5. The van der Waals surface area contributed by atoms with Crippen molar-refractivity contribution in [1.29, 1.82) is 10.7 Å². The van der Waals surface area contributed by atoms with Crippen LogP contribution in [0.4, 0.5) is 5.69 Å². The molecule has 0 aliphatic carbocycles. The first-order valence-electron chi connectivity index (χ1n) is 10.0. The number of rotatable bonds is 6. The number of nitriles is 1. The van der Waals surface area contributed by atoms with Crippen molar-refractivity contribution in [3.05, 3.63) is 54.4 Å². The number of aromatic nitrogens is 2. The average Bonchev–Trinajstić information content (AvgIpc) is 3.24. The van der Waals surface area contributed by atoms with E-state index in [9.17, 15) is 8.42 Å². The predicted molar refractivity (Wildman–Crippen MR) is 122 cm³/mol. The Morgan fingerprint density at radius 2 is 1.91 bits per heavy atom. The zero-order valence-electron chi connectivity index (χ0n) is 17.1. The van der Waals surface area contributed by atoms with Crippen LogP contribution < -0.4 is 11.2 Å². The second-order valence-corrected chi connectivity index (χ2v) is 9.38. The van der Waals surface area contributed by atoms with E-state index < -0.39 is 15.9 Å². The molecule has 0 amide bonds. The number of sulfonamides is 1. The number of H-pyrrole nitrogens is 1. The summed E-state index contributed by atoms with van der Waals surface area (Å²) in [6, 6.07) is 15.6. The summed E-state index contributed by atoms with van der Waals surface area (Å²) in [4.78, 5) is 8.19. The van der Waals surface area contributed by atoms with Gasteiger partial charge in [0.1, 0.15) is 11.9 Å². The lowest BCUT2D eigenvalue weighted by Gasteiger charge is -2.30. The molecule has 0 bridgehead atoms. The van der Waals surface area contributed by atoms with Crippen LogP contribution in [0.5, 0.6) is 0 Å². The molecule has 1 aliphatic rings. The Morgan fingerprint density at radius 1 is 1.22 bits per heavy atom. The van der Waals surface area contributed by atoms with Gasteiger partial charge in [0.2, 0.25) is 15.7 Å². The molecule has 1 saturated heterocycles. The van der Waals surface area contributed by atoms with Crippen molar-refractivity contribution in [2.75, 3.05) is 18.5 Å². The number of imidazole rings is 1. The van der Waals surface area contributed by atoms with Crippen molar-refractivity contribution < 1.29 is 8.42 Å². The molecule has 5 N–H and O–H groups in total. The van der Waals surface area contributed by atoms with Crippen LogP contribution in [0.1, 0.15) is 24.6 Å². The van der Waals surface area contributed by atoms with Crippen molar-refractivity contribution >= 4 is 38.3 Å². The van der Waals surface area contributed by atoms with Crippen LogP contribution in [0.2, 0.25) is 0 Å². The van der Waals surface area contributed by atoms with E-state index in [2.05, 4.69) is 20.5 Å². The van der Waals surface area contributed by atoms with Gasteiger partial charge < -0.3 is 10.7 Å². The van der Waals surface area contributed by atoms with Gasteiger partial charge in [-0.1, -0.05) is 12.1 Å². The number of aromatic amines is 1. The van der Waals surface area contributed by atoms with Gasteiger partial charge in [-0.15, -0.1) is 0 Å². The van der Waals surface area contributed by atoms with Crippen LogP contribution in [0, 0.1) is 16.7 Å². The number of nitrogens with zero attached hydrogens (tertiary/aromatic N) is 4. The lowest BCUT2D eigenvalue weighted by atomic mass is 9.97. The Labute approximate surface area is 185 Å². The zero-order valence-corrected chi connectivity index (χ0v) is 17.9. The SMILES string of the molecule is N#C/C(=N\Nc1ccc(S(=O)(=O)N2CCC(c3nc4ccccc4[nH]3)CC2)cc1)C(=N)N. The molecule has 0 unspecified atom stereocenters. The maximum atomic E-state index is 13.1. The summed E-state index contributed by atoms with van der Waals surface area (Å²) in [5, 5.41) is 19.8. The van der Waals surface area contributed by atoms with E-state index in [0.29, 0.717) is 31.6 Å². The molecule has 10 nitrogen and oxygen atoms in total. The molecule has 1 aliphatic heterocycles. The van der Waals surface area contributed by atoms with E-state index in [-0.39, 0.29) is 16.5 Å². The molecule has 0 saturated carbocycles. The van der Waals surface area contributed by atoms with Gasteiger partial charge in [0.25, 0.3) is 0 Å². The Kier molecular flexibility index (Phi) is 5.89. The number of anilines is 1. The number of fused-ring (bicyclic) bond motifs is 1. The molecule has 3 aromatic rings. The third-order valence-electron chi connectivity index (χ3n) is 5.40. The monoisotopic (exact) mass is 450 g/mol. The smallest absolute Gasteiger partial charge is 0.243 e. The summed E-state index contributed by atoms with van der Waals surface area (Å²) in [6.07, 6.45) is 1.38. The Balaban J connectivity index is 1.42. The first kappa shape index (κ1) is 21.5. The minimum absolute atomic E-state index is 0.182. The van der Waals surface area contributed by atoms with Crippen molar-refractivity contribution in [3.63, 3.8) is 0 Å². The highest BCUT2D eigenvalue weighted by atomic mass is 32.2. The van der Waals surface area contributed by atoms with Gasteiger partial charge in [-0.05, 0) is 49.2 Å². The van der Waals surface area contributed by atoms with Crippen LogP contribution in [0.3, 0.4) is 0 Å². The van der Waals surface area contributed by atoms with Crippen molar-refractivity contribution in [2.45, 2.75) is 23.7 Å². The van der Waals surface area contributed by atoms with Crippen molar-refractivity contribution in [1.82, 2.24) is 14.3 Å². The summed E-state index contributed by atoms with van der Waals surface area (Å²) in [7, 11) is -3.63. The highest BCUT2D eigenvalue weighted by Gasteiger charge is 2.31. The van der Waals surface area contributed by atoms with E-state index in [1.165, 1.54) is 16.4 Å². The molecule has 1 aromatic heterocycles. The number of para-hydroxylation sites is 2. The molecule has 32 heavy (non-hydrogen) atoms. The van der Waals surface area contributed by atoms with Crippen LogP contribution in [0.25, 0.3) is 11.0 Å². The van der Waals surface area contributed by atoms with Gasteiger partial charge in [-0.2, -0.15) is 14.7 Å². The van der Waals surface area contributed by atoms with E-state index in [1.54, 1.807) is 18.2 Å². The number of hydrogen-bond acceptors (Lipinski definition) is 7. The van der Waals surface area contributed by atoms with Gasteiger partial charge in [0, 0.05) is 19.0 Å². The molecule has 164 valence electrons. The summed E-state index contributed by atoms with van der Waals surface area (Å²) < 4.78 is 27.6. The Hall–Kier alpha value is -3.75. The van der Waals surface area contributed by atoms with Crippen molar-refractivity contribution in [3.8, 4) is 6.07 Å². The average molecular weight is 451 g/mol. The minimum Gasteiger partial charge on any atom is -0.382 e. The number of nitrogens with two attached hydrogens (primary N) is 1. The van der Waals surface area contributed by atoms with E-state index in [4.69, 9.17) is 16.4 Å². The third-order valence-corrected chi connectivity index (χ3v) is 7.31. The number of benzene rings is 2. The van der Waals surface area contributed by atoms with Gasteiger partial charge >= 0.3 is 0 Å². The fourth-order valence-corrected chi connectivity index (χ4v) is 5.12. The number of nitrogens with one attached hydrogen (secondary N) is 3. The molecule has 2 aromatic carbocycles.